The van der Waals surface area contributed by atoms with Gasteiger partial charge in [-0.1, -0.05) is 36.6 Å². The summed E-state index contributed by atoms with van der Waals surface area (Å²) in [6.07, 6.45) is 2.44. The van der Waals surface area contributed by atoms with Crippen molar-refractivity contribution in [2.75, 3.05) is 11.9 Å². The zero-order valence-corrected chi connectivity index (χ0v) is 18.4. The molecule has 2 aromatic rings. The fourth-order valence-corrected chi connectivity index (χ4v) is 5.12. The van der Waals surface area contributed by atoms with Crippen molar-refractivity contribution < 1.29 is 24.2 Å². The summed E-state index contributed by atoms with van der Waals surface area (Å²) in [5, 5.41) is 15.2. The van der Waals surface area contributed by atoms with E-state index in [0.717, 1.165) is 23.3 Å². The first-order valence-electron chi connectivity index (χ1n) is 9.91. The van der Waals surface area contributed by atoms with Crippen LogP contribution in [0.15, 0.2) is 24.3 Å². The number of hydrogen-bond donors (Lipinski definition) is 1. The van der Waals surface area contributed by atoms with E-state index in [9.17, 15) is 19.5 Å². The third kappa shape index (κ3) is 4.68. The molecule has 2 unspecified atom stereocenters. The minimum absolute atomic E-state index is 0.191. The molecule has 160 valence electrons. The molecular formula is C22H23ClNO5S-. The molecule has 0 aliphatic heterocycles. The summed E-state index contributed by atoms with van der Waals surface area (Å²) in [7, 11) is 0. The van der Waals surface area contributed by atoms with E-state index in [4.69, 9.17) is 16.3 Å². The fraction of sp³-hybridized carbons (Fsp3) is 0.409. The second kappa shape index (κ2) is 9.62. The number of carbonyl (C=O) groups excluding carboxylic acids is 3. The first-order valence-corrected chi connectivity index (χ1v) is 11.1. The number of anilines is 1. The van der Waals surface area contributed by atoms with Gasteiger partial charge in [0.2, 0.25) is 5.91 Å². The van der Waals surface area contributed by atoms with Crippen molar-refractivity contribution in [1.29, 1.82) is 0 Å². The molecular weight excluding hydrogens is 426 g/mol. The van der Waals surface area contributed by atoms with Gasteiger partial charge in [0.15, 0.2) is 0 Å². The summed E-state index contributed by atoms with van der Waals surface area (Å²) in [5.74, 6) is -3.65. The van der Waals surface area contributed by atoms with Crippen LogP contribution in [0.4, 0.5) is 5.00 Å². The molecule has 1 saturated carbocycles. The van der Waals surface area contributed by atoms with Crippen LogP contribution in [0.1, 0.15) is 47.8 Å². The summed E-state index contributed by atoms with van der Waals surface area (Å²) in [6.45, 7) is 3.76. The van der Waals surface area contributed by atoms with Gasteiger partial charge in [-0.15, -0.1) is 11.3 Å². The van der Waals surface area contributed by atoms with Gasteiger partial charge in [-0.05, 0) is 44.4 Å². The van der Waals surface area contributed by atoms with Crippen LogP contribution in [0.2, 0.25) is 5.02 Å². The van der Waals surface area contributed by atoms with E-state index in [1.807, 2.05) is 6.92 Å². The molecule has 1 heterocycles. The number of benzene rings is 1. The molecule has 8 heteroatoms. The zero-order valence-electron chi connectivity index (χ0n) is 16.8. The highest BCUT2D eigenvalue weighted by molar-refractivity contribution is 7.17. The fourth-order valence-electron chi connectivity index (χ4n) is 3.93. The van der Waals surface area contributed by atoms with Gasteiger partial charge in [0, 0.05) is 33.3 Å². The van der Waals surface area contributed by atoms with Crippen molar-refractivity contribution in [3.8, 4) is 11.1 Å². The number of esters is 1. The first-order chi connectivity index (χ1) is 14.3. The van der Waals surface area contributed by atoms with E-state index in [1.54, 1.807) is 31.2 Å². The van der Waals surface area contributed by atoms with Gasteiger partial charge in [-0.25, -0.2) is 4.79 Å². The van der Waals surface area contributed by atoms with E-state index in [1.165, 1.54) is 11.3 Å². The summed E-state index contributed by atoms with van der Waals surface area (Å²) in [6, 6.07) is 7.07. The predicted molar refractivity (Wildman–Crippen MR) is 115 cm³/mol. The number of thiophene rings is 1. The SMILES string of the molecule is CCOC(=O)c1c(NC(=O)C2CCCCC2C(=O)[O-])sc(C)c1-c1ccc(Cl)cc1. The first kappa shape index (κ1) is 22.3. The van der Waals surface area contributed by atoms with Crippen LogP contribution in [0.5, 0.6) is 0 Å². The molecule has 6 nitrogen and oxygen atoms in total. The van der Waals surface area contributed by atoms with Crippen LogP contribution in [0.3, 0.4) is 0 Å². The van der Waals surface area contributed by atoms with Crippen molar-refractivity contribution in [2.24, 2.45) is 11.8 Å². The lowest BCUT2D eigenvalue weighted by Crippen LogP contribution is -2.42. The molecule has 1 aromatic carbocycles. The molecule has 30 heavy (non-hydrogen) atoms. The quantitative estimate of drug-likeness (QED) is 0.672. The minimum Gasteiger partial charge on any atom is -0.550 e. The lowest BCUT2D eigenvalue weighted by molar-refractivity contribution is -0.313. The van der Waals surface area contributed by atoms with Crippen molar-refractivity contribution in [3.05, 3.63) is 39.7 Å². The van der Waals surface area contributed by atoms with Gasteiger partial charge in [-0.3, -0.25) is 4.79 Å². The van der Waals surface area contributed by atoms with Crippen molar-refractivity contribution >= 4 is 45.8 Å². The largest absolute Gasteiger partial charge is 0.550 e. The van der Waals surface area contributed by atoms with Crippen molar-refractivity contribution in [1.82, 2.24) is 0 Å². The van der Waals surface area contributed by atoms with Gasteiger partial charge < -0.3 is 20.0 Å². The van der Waals surface area contributed by atoms with Gasteiger partial charge in [-0.2, -0.15) is 0 Å². The van der Waals surface area contributed by atoms with Crippen molar-refractivity contribution in [3.63, 3.8) is 0 Å². The monoisotopic (exact) mass is 448 g/mol. The van der Waals surface area contributed by atoms with Crippen LogP contribution in [0, 0.1) is 18.8 Å². The summed E-state index contributed by atoms with van der Waals surface area (Å²) in [5.41, 5.74) is 1.73. The Hall–Kier alpha value is -2.38. The molecule has 2 atom stereocenters. The van der Waals surface area contributed by atoms with E-state index in [0.29, 0.717) is 28.4 Å². The molecule has 1 fully saturated rings. The number of carboxylic acid groups (broad SMARTS) is 1. The lowest BCUT2D eigenvalue weighted by atomic mass is 9.78. The van der Waals surface area contributed by atoms with Crippen LogP contribution in [0.25, 0.3) is 11.1 Å². The number of amides is 1. The third-order valence-electron chi connectivity index (χ3n) is 5.34. The second-order valence-electron chi connectivity index (χ2n) is 7.27. The number of aliphatic carboxylic acids is 1. The van der Waals surface area contributed by atoms with E-state index in [-0.39, 0.29) is 12.2 Å². The van der Waals surface area contributed by atoms with Gasteiger partial charge >= 0.3 is 5.97 Å². The molecule has 0 radical (unpaired) electrons. The number of halogens is 1. The number of nitrogens with one attached hydrogen (secondary N) is 1. The second-order valence-corrected chi connectivity index (χ2v) is 8.93. The Morgan fingerprint density at radius 3 is 2.40 bits per heavy atom. The Bertz CT molecular complexity index is 953. The minimum atomic E-state index is -1.20. The molecule has 1 N–H and O–H groups in total. The van der Waals surface area contributed by atoms with E-state index < -0.39 is 29.7 Å². The molecule has 0 bridgehead atoms. The Morgan fingerprint density at radius 2 is 1.80 bits per heavy atom. The normalized spacial score (nSPS) is 18.6. The van der Waals surface area contributed by atoms with Gasteiger partial charge in [0.05, 0.1) is 6.61 Å². The number of carbonyl (C=O) groups is 3. The summed E-state index contributed by atoms with van der Waals surface area (Å²) < 4.78 is 5.24. The number of carboxylic acids is 1. The summed E-state index contributed by atoms with van der Waals surface area (Å²) in [4.78, 5) is 38.0. The van der Waals surface area contributed by atoms with Crippen LogP contribution >= 0.6 is 22.9 Å². The average molecular weight is 449 g/mol. The highest BCUT2D eigenvalue weighted by Crippen LogP contribution is 2.41. The van der Waals surface area contributed by atoms with Crippen LogP contribution in [-0.4, -0.2) is 24.5 Å². The molecule has 1 aliphatic carbocycles. The molecule has 1 amide bonds. The standard InChI is InChI=1S/C22H24ClNO5S/c1-3-29-22(28)18-17(13-8-10-14(23)11-9-13)12(2)30-20(18)24-19(25)15-6-4-5-7-16(15)21(26)27/h8-11,15-16H,3-7H2,1-2H3,(H,24,25)(H,26,27)/p-1. The Balaban J connectivity index is 1.99. The van der Waals surface area contributed by atoms with Crippen molar-refractivity contribution in [2.45, 2.75) is 39.5 Å². The Morgan fingerprint density at radius 1 is 1.17 bits per heavy atom. The molecule has 1 aromatic heterocycles. The smallest absolute Gasteiger partial charge is 0.341 e. The Labute approximate surface area is 184 Å². The maximum Gasteiger partial charge on any atom is 0.341 e. The highest BCUT2D eigenvalue weighted by atomic mass is 35.5. The molecule has 0 saturated heterocycles. The molecule has 0 spiro atoms. The molecule has 3 rings (SSSR count). The van der Waals surface area contributed by atoms with Gasteiger partial charge in [0.1, 0.15) is 10.6 Å². The van der Waals surface area contributed by atoms with Crippen LogP contribution < -0.4 is 10.4 Å². The Kier molecular flexibility index (Phi) is 7.15. The average Bonchev–Trinajstić information content (AvgIpc) is 3.04. The zero-order chi connectivity index (χ0) is 21.8. The number of ether oxygens (including phenoxy) is 1. The van der Waals surface area contributed by atoms with Crippen LogP contribution in [-0.2, 0) is 14.3 Å². The van der Waals surface area contributed by atoms with E-state index >= 15 is 0 Å². The third-order valence-corrected chi connectivity index (χ3v) is 6.61. The summed E-state index contributed by atoms with van der Waals surface area (Å²) >= 11 is 7.26. The molecule has 1 aliphatic rings. The number of rotatable bonds is 6. The topological polar surface area (TPSA) is 95.5 Å². The number of hydrogen-bond acceptors (Lipinski definition) is 6. The highest BCUT2D eigenvalue weighted by Gasteiger charge is 2.33. The lowest BCUT2D eigenvalue weighted by Gasteiger charge is -2.31. The van der Waals surface area contributed by atoms with E-state index in [2.05, 4.69) is 5.32 Å². The maximum absolute atomic E-state index is 13.0. The predicted octanol–water partition coefficient (Wildman–Crippen LogP) is 4.05. The maximum atomic E-state index is 13.0. The number of aryl methyl sites for hydroxylation is 1. The van der Waals surface area contributed by atoms with Gasteiger partial charge in [0.25, 0.3) is 0 Å².